The van der Waals surface area contributed by atoms with Crippen LogP contribution in [0.25, 0.3) is 0 Å². The number of carbonyl (C=O) groups excluding carboxylic acids is 1. The maximum Gasteiger partial charge on any atom is 0.327 e. The minimum absolute atomic E-state index is 0.227. The molecule has 2 aliphatic heterocycles. The first-order valence-electron chi connectivity index (χ1n) is 9.90. The monoisotopic (exact) mass is 457 g/mol. The zero-order chi connectivity index (χ0) is 22.1. The van der Waals surface area contributed by atoms with Gasteiger partial charge in [-0.05, 0) is 39.8 Å². The van der Waals surface area contributed by atoms with Gasteiger partial charge in [0.25, 0.3) is 0 Å². The number of nitrogens with one attached hydrogen (secondary N) is 1. The zero-order valence-electron chi connectivity index (χ0n) is 17.7. The molecule has 0 aromatic heterocycles. The Morgan fingerprint density at radius 1 is 1.33 bits per heavy atom. The van der Waals surface area contributed by atoms with Gasteiger partial charge in [0.1, 0.15) is 30.3 Å². The predicted molar refractivity (Wildman–Crippen MR) is 117 cm³/mol. The highest BCUT2D eigenvalue weighted by Crippen LogP contribution is 2.31. The van der Waals surface area contributed by atoms with Crippen LogP contribution in [0.2, 0.25) is 10.0 Å². The number of ether oxygens (including phenoxy) is 1. The van der Waals surface area contributed by atoms with E-state index in [4.69, 9.17) is 27.9 Å². The lowest BCUT2D eigenvalue weighted by atomic mass is 9.96. The zero-order valence-corrected chi connectivity index (χ0v) is 19.2. The molecule has 10 heteroatoms. The molecule has 1 fully saturated rings. The number of nitrogens with zero attached hydrogens (tertiary/aromatic N) is 4. The molecular formula is C20H29Cl2N5O3. The Kier molecular flexibility index (Phi) is 6.84. The third-order valence-electron chi connectivity index (χ3n) is 4.88. The van der Waals surface area contributed by atoms with Gasteiger partial charge in [0.2, 0.25) is 0 Å². The van der Waals surface area contributed by atoms with E-state index >= 15 is 0 Å². The molecule has 8 nitrogen and oxygen atoms in total. The number of β-amino-alcohol motifs (C(OH)–C–C–N with tert-alkyl or cyclic N) is 1. The van der Waals surface area contributed by atoms with Crippen LogP contribution in [0.1, 0.15) is 33.3 Å². The van der Waals surface area contributed by atoms with Crippen molar-refractivity contribution in [3.63, 3.8) is 0 Å². The van der Waals surface area contributed by atoms with Crippen molar-refractivity contribution < 1.29 is 14.6 Å². The lowest BCUT2D eigenvalue weighted by Crippen LogP contribution is -2.61. The number of piperazine rings is 1. The van der Waals surface area contributed by atoms with Crippen molar-refractivity contribution in [2.45, 2.75) is 44.9 Å². The minimum Gasteiger partial charge on any atom is -0.459 e. The van der Waals surface area contributed by atoms with Gasteiger partial charge in [0.05, 0.1) is 6.54 Å². The average molecular weight is 458 g/mol. The number of hydrogen-bond acceptors (Lipinski definition) is 8. The van der Waals surface area contributed by atoms with Crippen LogP contribution < -0.4 is 5.32 Å². The fourth-order valence-corrected chi connectivity index (χ4v) is 4.17. The van der Waals surface area contributed by atoms with Gasteiger partial charge >= 0.3 is 5.97 Å². The van der Waals surface area contributed by atoms with Crippen LogP contribution in [0.4, 0.5) is 0 Å². The molecule has 1 saturated heterocycles. The third kappa shape index (κ3) is 5.56. The van der Waals surface area contributed by atoms with Crippen LogP contribution in [0.5, 0.6) is 0 Å². The molecule has 2 aliphatic rings. The summed E-state index contributed by atoms with van der Waals surface area (Å²) in [5.74, 6) is -0.276. The number of hydrogen-bond donors (Lipinski definition) is 2. The molecule has 1 aromatic rings. The molecule has 2 atom stereocenters. The van der Waals surface area contributed by atoms with Crippen LogP contribution in [-0.2, 0) is 15.1 Å². The topological polar surface area (TPSA) is 80.6 Å². The van der Waals surface area contributed by atoms with E-state index in [9.17, 15) is 9.90 Å². The van der Waals surface area contributed by atoms with E-state index in [-0.39, 0.29) is 12.5 Å². The minimum atomic E-state index is -1.23. The van der Waals surface area contributed by atoms with Crippen molar-refractivity contribution >= 4 is 35.5 Å². The molecule has 2 N–H and O–H groups in total. The SMILES string of the molecule is CC(C)(C)OC(=O)C1CNCCN1N1C=NN(CC(C)(O)c2ccc(Cl)cc2Cl)C1. The number of halogens is 2. The summed E-state index contributed by atoms with van der Waals surface area (Å²) in [5, 5.41) is 25.2. The second kappa shape index (κ2) is 8.88. The van der Waals surface area contributed by atoms with Crippen molar-refractivity contribution in [1.82, 2.24) is 20.3 Å². The second-order valence-electron chi connectivity index (χ2n) is 8.79. The van der Waals surface area contributed by atoms with E-state index in [1.807, 2.05) is 30.8 Å². The molecule has 0 radical (unpaired) electrons. The van der Waals surface area contributed by atoms with E-state index in [0.29, 0.717) is 35.4 Å². The van der Waals surface area contributed by atoms with Crippen LogP contribution in [-0.4, -0.2) is 76.9 Å². The Bertz CT molecular complexity index is 812. The second-order valence-corrected chi connectivity index (χ2v) is 9.63. The molecule has 0 amide bonds. The Morgan fingerprint density at radius 3 is 2.73 bits per heavy atom. The van der Waals surface area contributed by atoms with Gasteiger partial charge in [-0.2, -0.15) is 5.10 Å². The number of esters is 1. The molecule has 0 saturated carbocycles. The average Bonchev–Trinajstić information content (AvgIpc) is 3.07. The molecule has 0 spiro atoms. The van der Waals surface area contributed by atoms with Crippen molar-refractivity contribution in [1.29, 1.82) is 0 Å². The van der Waals surface area contributed by atoms with Crippen LogP contribution in [0.15, 0.2) is 23.3 Å². The number of carbonyl (C=O) groups is 1. The lowest BCUT2D eigenvalue weighted by molar-refractivity contribution is -0.169. The van der Waals surface area contributed by atoms with Gasteiger partial charge < -0.3 is 15.2 Å². The summed E-state index contributed by atoms with van der Waals surface area (Å²) in [6.45, 7) is 9.78. The van der Waals surface area contributed by atoms with E-state index < -0.39 is 17.2 Å². The van der Waals surface area contributed by atoms with Crippen LogP contribution >= 0.6 is 23.2 Å². The summed E-state index contributed by atoms with van der Waals surface area (Å²) in [7, 11) is 0. The van der Waals surface area contributed by atoms with Crippen LogP contribution in [0, 0.1) is 0 Å². The first-order valence-corrected chi connectivity index (χ1v) is 10.7. The summed E-state index contributed by atoms with van der Waals surface area (Å²) >= 11 is 12.2. The maximum atomic E-state index is 12.7. The number of hydrazone groups is 1. The Hall–Kier alpha value is -1.58. The summed E-state index contributed by atoms with van der Waals surface area (Å²) in [5.41, 5.74) is -1.21. The van der Waals surface area contributed by atoms with Gasteiger partial charge in [-0.25, -0.2) is 5.01 Å². The normalized spacial score (nSPS) is 22.3. The van der Waals surface area contributed by atoms with Gasteiger partial charge in [-0.15, -0.1) is 0 Å². The predicted octanol–water partition coefficient (Wildman–Crippen LogP) is 2.25. The molecular weight excluding hydrogens is 429 g/mol. The van der Waals surface area contributed by atoms with E-state index in [1.165, 1.54) is 0 Å². The highest BCUT2D eigenvalue weighted by Gasteiger charge is 2.38. The fraction of sp³-hybridized carbons (Fsp3) is 0.600. The van der Waals surface area contributed by atoms with Gasteiger partial charge in [0.15, 0.2) is 0 Å². The molecule has 3 rings (SSSR count). The summed E-state index contributed by atoms with van der Waals surface area (Å²) in [6, 6.07) is 4.58. The van der Waals surface area contributed by atoms with Crippen molar-refractivity contribution in [3.8, 4) is 0 Å². The van der Waals surface area contributed by atoms with Gasteiger partial charge in [0, 0.05) is 35.2 Å². The third-order valence-corrected chi connectivity index (χ3v) is 5.43. The van der Waals surface area contributed by atoms with Crippen LogP contribution in [0.3, 0.4) is 0 Å². The smallest absolute Gasteiger partial charge is 0.327 e. The number of benzene rings is 1. The van der Waals surface area contributed by atoms with Crippen molar-refractivity contribution in [2.24, 2.45) is 5.10 Å². The Balaban J connectivity index is 1.66. The maximum absolute atomic E-state index is 12.7. The van der Waals surface area contributed by atoms with Crippen molar-refractivity contribution in [2.75, 3.05) is 32.8 Å². The van der Waals surface area contributed by atoms with E-state index in [2.05, 4.69) is 10.4 Å². The summed E-state index contributed by atoms with van der Waals surface area (Å²) < 4.78 is 5.58. The molecule has 0 aliphatic carbocycles. The first kappa shape index (κ1) is 23.1. The highest BCUT2D eigenvalue weighted by molar-refractivity contribution is 6.35. The summed E-state index contributed by atoms with van der Waals surface area (Å²) in [4.78, 5) is 12.7. The molecule has 0 bridgehead atoms. The first-order chi connectivity index (χ1) is 14.0. The molecule has 30 heavy (non-hydrogen) atoms. The number of hydrazine groups is 1. The quantitative estimate of drug-likeness (QED) is 0.656. The largest absolute Gasteiger partial charge is 0.459 e. The van der Waals surface area contributed by atoms with Gasteiger partial charge in [-0.3, -0.25) is 14.8 Å². The number of rotatable bonds is 5. The molecule has 2 heterocycles. The van der Waals surface area contributed by atoms with E-state index in [0.717, 1.165) is 6.54 Å². The number of aliphatic hydroxyl groups is 1. The van der Waals surface area contributed by atoms with Crippen molar-refractivity contribution in [3.05, 3.63) is 33.8 Å². The van der Waals surface area contributed by atoms with Gasteiger partial charge in [-0.1, -0.05) is 29.3 Å². The highest BCUT2D eigenvalue weighted by atomic mass is 35.5. The Labute approximate surface area is 187 Å². The molecule has 166 valence electrons. The Morgan fingerprint density at radius 2 is 2.07 bits per heavy atom. The molecule has 1 aromatic carbocycles. The molecule has 2 unspecified atom stereocenters. The van der Waals surface area contributed by atoms with E-state index in [1.54, 1.807) is 36.5 Å². The lowest BCUT2D eigenvalue weighted by Gasteiger charge is -2.40. The standard InChI is InChI=1S/C20H29Cl2N5O3/c1-19(2,3)30-18(28)17-10-23-7-8-27(17)26-12-24-25(13-26)11-20(4,29)15-6-5-14(21)9-16(15)22/h5-6,9,12,17,23,29H,7-8,10-11,13H2,1-4H3. The summed E-state index contributed by atoms with van der Waals surface area (Å²) in [6.07, 6.45) is 1.67. The fourth-order valence-electron chi connectivity index (χ4n) is 3.55.